The molecule has 5 heteroatoms. The smallest absolute Gasteiger partial charge is 0.240 e. The Balaban J connectivity index is 2.97. The Morgan fingerprint density at radius 2 is 1.95 bits per heavy atom. The highest BCUT2D eigenvalue weighted by Gasteiger charge is 2.21. The average molecular weight is 308 g/mol. The largest absolute Gasteiger partial charge is 0.320 e. The van der Waals surface area contributed by atoms with Gasteiger partial charge in [-0.1, -0.05) is 44.6 Å². The number of hydrogen-bond donors (Lipinski definition) is 2. The molecule has 1 aromatic carbocycles. The molecule has 0 heterocycles. The van der Waals surface area contributed by atoms with Crippen LogP contribution in [0.15, 0.2) is 29.2 Å². The van der Waals surface area contributed by atoms with E-state index in [1.54, 1.807) is 24.3 Å². The summed E-state index contributed by atoms with van der Waals surface area (Å²) in [5, 5.41) is 0. The summed E-state index contributed by atoms with van der Waals surface area (Å²) in [4.78, 5) is 0.240. The lowest BCUT2D eigenvalue weighted by Gasteiger charge is -2.22. The summed E-state index contributed by atoms with van der Waals surface area (Å²) < 4.78 is 27.6. The Bertz CT molecular complexity index is 611. The second kappa shape index (κ2) is 8.18. The van der Waals surface area contributed by atoms with E-state index in [9.17, 15) is 8.42 Å². The molecule has 0 bridgehead atoms. The standard InChI is InChI=1S/C16H24N2O2S/c1-4-15(5-2)13(3)18-21(19,20)16-10-6-8-14(12-16)9-7-11-17/h6,8,10,12-13,15,18H,4-5,11,17H2,1-3H3. The molecule has 4 nitrogen and oxygen atoms in total. The molecule has 1 atom stereocenters. The predicted molar refractivity (Wildman–Crippen MR) is 86.2 cm³/mol. The zero-order chi connectivity index (χ0) is 15.9. The summed E-state index contributed by atoms with van der Waals surface area (Å²) in [7, 11) is -3.52. The lowest BCUT2D eigenvalue weighted by molar-refractivity contribution is 0.391. The van der Waals surface area contributed by atoms with Gasteiger partial charge in [0.1, 0.15) is 0 Å². The van der Waals surface area contributed by atoms with Gasteiger partial charge in [-0.3, -0.25) is 0 Å². The van der Waals surface area contributed by atoms with E-state index in [0.717, 1.165) is 12.8 Å². The Morgan fingerprint density at radius 3 is 2.52 bits per heavy atom. The van der Waals surface area contributed by atoms with Crippen molar-refractivity contribution in [3.8, 4) is 11.8 Å². The van der Waals surface area contributed by atoms with Gasteiger partial charge in [0, 0.05) is 11.6 Å². The first-order chi connectivity index (χ1) is 9.94. The summed E-state index contributed by atoms with van der Waals surface area (Å²) in [6, 6.07) is 6.52. The maximum absolute atomic E-state index is 12.4. The van der Waals surface area contributed by atoms with Crippen molar-refractivity contribution in [1.29, 1.82) is 0 Å². The Labute approximate surface area is 128 Å². The topological polar surface area (TPSA) is 72.2 Å². The molecule has 0 aliphatic carbocycles. The quantitative estimate of drug-likeness (QED) is 0.791. The third kappa shape index (κ3) is 5.16. The molecular weight excluding hydrogens is 284 g/mol. The van der Waals surface area contributed by atoms with Gasteiger partial charge in [-0.25, -0.2) is 13.1 Å². The molecule has 0 saturated heterocycles. The molecule has 0 amide bonds. The third-order valence-corrected chi connectivity index (χ3v) is 5.13. The van der Waals surface area contributed by atoms with Crippen LogP contribution >= 0.6 is 0 Å². The normalized spacial score (nSPS) is 12.8. The van der Waals surface area contributed by atoms with Gasteiger partial charge in [-0.2, -0.15) is 0 Å². The summed E-state index contributed by atoms with van der Waals surface area (Å²) in [6.07, 6.45) is 1.89. The number of hydrogen-bond acceptors (Lipinski definition) is 3. The molecule has 116 valence electrons. The number of rotatable bonds is 6. The summed E-state index contributed by atoms with van der Waals surface area (Å²) >= 11 is 0. The number of benzene rings is 1. The maximum Gasteiger partial charge on any atom is 0.240 e. The molecule has 0 aliphatic rings. The zero-order valence-corrected chi connectivity index (χ0v) is 13.7. The third-order valence-electron chi connectivity index (χ3n) is 3.58. The van der Waals surface area contributed by atoms with E-state index in [1.807, 2.05) is 6.92 Å². The number of nitrogens with two attached hydrogens (primary N) is 1. The molecule has 1 aromatic rings. The van der Waals surface area contributed by atoms with Crippen LogP contribution in [0.25, 0.3) is 0 Å². The SMILES string of the molecule is CCC(CC)C(C)NS(=O)(=O)c1cccc(C#CCN)c1. The van der Waals surface area contributed by atoms with E-state index in [4.69, 9.17) is 5.73 Å². The molecule has 1 unspecified atom stereocenters. The Hall–Kier alpha value is -1.35. The second-order valence-corrected chi connectivity index (χ2v) is 6.73. The lowest BCUT2D eigenvalue weighted by atomic mass is 9.96. The molecule has 0 radical (unpaired) electrons. The fraction of sp³-hybridized carbons (Fsp3) is 0.500. The summed E-state index contributed by atoms with van der Waals surface area (Å²) in [6.45, 7) is 6.30. The van der Waals surface area contributed by atoms with Crippen molar-refractivity contribution in [2.45, 2.75) is 44.6 Å². The molecule has 0 saturated carbocycles. The minimum Gasteiger partial charge on any atom is -0.320 e. The van der Waals surface area contributed by atoms with Crippen molar-refractivity contribution in [2.24, 2.45) is 11.7 Å². The van der Waals surface area contributed by atoms with Crippen molar-refractivity contribution in [3.63, 3.8) is 0 Å². The van der Waals surface area contributed by atoms with Crippen LogP contribution < -0.4 is 10.5 Å². The molecule has 3 N–H and O–H groups in total. The molecule has 0 spiro atoms. The van der Waals surface area contributed by atoms with E-state index >= 15 is 0 Å². The number of sulfonamides is 1. The first kappa shape index (κ1) is 17.7. The highest BCUT2D eigenvalue weighted by molar-refractivity contribution is 7.89. The monoisotopic (exact) mass is 308 g/mol. The van der Waals surface area contributed by atoms with Gasteiger partial charge in [0.15, 0.2) is 0 Å². The van der Waals surface area contributed by atoms with Crippen LogP contribution in [0.3, 0.4) is 0 Å². The summed E-state index contributed by atoms with van der Waals surface area (Å²) in [5.74, 6) is 5.90. The first-order valence-corrected chi connectivity index (χ1v) is 8.74. The molecule has 0 aliphatic heterocycles. The van der Waals surface area contributed by atoms with E-state index < -0.39 is 10.0 Å². The summed E-state index contributed by atoms with van der Waals surface area (Å²) in [5.41, 5.74) is 5.98. The molecule has 21 heavy (non-hydrogen) atoms. The fourth-order valence-corrected chi connectivity index (χ4v) is 3.66. The lowest BCUT2D eigenvalue weighted by Crippen LogP contribution is -2.37. The van der Waals surface area contributed by atoms with Crippen LogP contribution in [0, 0.1) is 17.8 Å². The first-order valence-electron chi connectivity index (χ1n) is 7.25. The second-order valence-electron chi connectivity index (χ2n) is 5.02. The van der Waals surface area contributed by atoms with Gasteiger partial charge in [-0.05, 0) is 31.0 Å². The molecular formula is C16H24N2O2S. The van der Waals surface area contributed by atoms with Crippen molar-refractivity contribution >= 4 is 10.0 Å². The highest BCUT2D eigenvalue weighted by atomic mass is 32.2. The Morgan fingerprint density at radius 1 is 1.29 bits per heavy atom. The molecule has 0 aromatic heterocycles. The van der Waals surface area contributed by atoms with Crippen molar-refractivity contribution in [3.05, 3.63) is 29.8 Å². The van der Waals surface area contributed by atoms with Gasteiger partial charge in [-0.15, -0.1) is 0 Å². The van der Waals surface area contributed by atoms with Gasteiger partial charge in [0.2, 0.25) is 10.0 Å². The van der Waals surface area contributed by atoms with Gasteiger partial charge in [0.25, 0.3) is 0 Å². The van der Waals surface area contributed by atoms with E-state index in [-0.39, 0.29) is 17.5 Å². The van der Waals surface area contributed by atoms with Crippen LogP contribution in [0.2, 0.25) is 0 Å². The van der Waals surface area contributed by atoms with Gasteiger partial charge < -0.3 is 5.73 Å². The van der Waals surface area contributed by atoms with Crippen LogP contribution in [0.1, 0.15) is 39.2 Å². The van der Waals surface area contributed by atoms with Crippen LogP contribution in [-0.4, -0.2) is 21.0 Å². The van der Waals surface area contributed by atoms with E-state index in [1.165, 1.54) is 0 Å². The molecule has 1 rings (SSSR count). The van der Waals surface area contributed by atoms with E-state index in [2.05, 4.69) is 30.4 Å². The van der Waals surface area contributed by atoms with E-state index in [0.29, 0.717) is 11.5 Å². The minimum atomic E-state index is -3.52. The average Bonchev–Trinajstić information content (AvgIpc) is 2.46. The van der Waals surface area contributed by atoms with Crippen molar-refractivity contribution in [2.75, 3.05) is 6.54 Å². The maximum atomic E-state index is 12.4. The fourth-order valence-electron chi connectivity index (χ4n) is 2.30. The van der Waals surface area contributed by atoms with Crippen LogP contribution in [0.5, 0.6) is 0 Å². The molecule has 0 fully saturated rings. The zero-order valence-electron chi connectivity index (χ0n) is 12.9. The van der Waals surface area contributed by atoms with Crippen molar-refractivity contribution < 1.29 is 8.42 Å². The van der Waals surface area contributed by atoms with Crippen LogP contribution in [0.4, 0.5) is 0 Å². The highest BCUT2D eigenvalue weighted by Crippen LogP contribution is 2.17. The number of nitrogens with one attached hydrogen (secondary N) is 1. The van der Waals surface area contributed by atoms with Gasteiger partial charge in [0.05, 0.1) is 11.4 Å². The van der Waals surface area contributed by atoms with Crippen molar-refractivity contribution in [1.82, 2.24) is 4.72 Å². The van der Waals surface area contributed by atoms with Crippen LogP contribution in [-0.2, 0) is 10.0 Å². The predicted octanol–water partition coefficient (Wildman–Crippen LogP) is 2.10. The van der Waals surface area contributed by atoms with Gasteiger partial charge >= 0.3 is 0 Å². The minimum absolute atomic E-state index is 0.0937. The Kier molecular flexibility index (Phi) is 6.90.